The summed E-state index contributed by atoms with van der Waals surface area (Å²) < 4.78 is 27.8. The molecule has 3 rings (SSSR count). The molecule has 0 unspecified atom stereocenters. The van der Waals surface area contributed by atoms with Gasteiger partial charge in [-0.15, -0.1) is 11.3 Å². The topological polar surface area (TPSA) is 66.5 Å². The largest absolute Gasteiger partial charge is 0.349 e. The van der Waals surface area contributed by atoms with E-state index in [2.05, 4.69) is 5.32 Å². The van der Waals surface area contributed by atoms with Gasteiger partial charge in [-0.25, -0.2) is 8.42 Å². The van der Waals surface area contributed by atoms with Gasteiger partial charge in [0.05, 0.1) is 9.77 Å². The van der Waals surface area contributed by atoms with E-state index in [9.17, 15) is 13.2 Å². The zero-order chi connectivity index (χ0) is 19.8. The number of sulfonamides is 1. The summed E-state index contributed by atoms with van der Waals surface area (Å²) in [4.78, 5) is 14.5. The molecule has 7 heteroatoms. The maximum atomic E-state index is 13.1. The first-order valence-corrected chi connectivity index (χ1v) is 11.4. The Kier molecular flexibility index (Phi) is 5.74. The summed E-state index contributed by atoms with van der Waals surface area (Å²) in [6, 6.07) is 7.59. The van der Waals surface area contributed by atoms with Gasteiger partial charge in [0.15, 0.2) is 0 Å². The van der Waals surface area contributed by atoms with Crippen LogP contribution in [0.2, 0.25) is 0 Å². The molecule has 1 aromatic carbocycles. The smallest absolute Gasteiger partial charge is 0.261 e. The van der Waals surface area contributed by atoms with Gasteiger partial charge in [-0.2, -0.15) is 4.31 Å². The van der Waals surface area contributed by atoms with Crippen molar-refractivity contribution in [2.45, 2.75) is 51.5 Å². The van der Waals surface area contributed by atoms with Crippen LogP contribution in [0.15, 0.2) is 29.2 Å². The minimum atomic E-state index is -3.52. The summed E-state index contributed by atoms with van der Waals surface area (Å²) in [6.07, 6.45) is 1.25. The van der Waals surface area contributed by atoms with Crippen LogP contribution in [0.4, 0.5) is 0 Å². The van der Waals surface area contributed by atoms with Crippen molar-refractivity contribution in [2.24, 2.45) is 0 Å². The normalized spacial score (nSPS) is 16.4. The van der Waals surface area contributed by atoms with Gasteiger partial charge in [0.25, 0.3) is 5.91 Å². The van der Waals surface area contributed by atoms with E-state index in [1.807, 2.05) is 52.0 Å². The molecule has 2 aromatic rings. The van der Waals surface area contributed by atoms with Crippen LogP contribution in [0, 0.1) is 27.7 Å². The van der Waals surface area contributed by atoms with E-state index in [1.165, 1.54) is 11.3 Å². The third kappa shape index (κ3) is 4.25. The van der Waals surface area contributed by atoms with Gasteiger partial charge in [-0.3, -0.25) is 4.79 Å². The summed E-state index contributed by atoms with van der Waals surface area (Å²) in [5, 5.41) is 3.04. The van der Waals surface area contributed by atoms with Crippen molar-refractivity contribution in [3.05, 3.63) is 50.7 Å². The van der Waals surface area contributed by atoms with E-state index >= 15 is 0 Å². The number of carbonyl (C=O) groups excluding carboxylic acids is 1. The Hall–Kier alpha value is -1.70. The number of benzene rings is 1. The van der Waals surface area contributed by atoms with Crippen molar-refractivity contribution < 1.29 is 13.2 Å². The van der Waals surface area contributed by atoms with E-state index in [0.717, 1.165) is 21.6 Å². The molecule has 1 N–H and O–H groups in total. The van der Waals surface area contributed by atoms with E-state index in [-0.39, 0.29) is 11.9 Å². The zero-order valence-electron chi connectivity index (χ0n) is 16.2. The lowest BCUT2D eigenvalue weighted by atomic mass is 10.1. The third-order valence-corrected chi connectivity index (χ3v) is 8.16. The SMILES string of the molecule is Cc1cc(C)c(S(=O)(=O)N2CCC(NC(=O)c3ccc(C)s3)CC2)c(C)c1. The molecule has 0 atom stereocenters. The van der Waals surface area contributed by atoms with Crippen LogP contribution in [0.3, 0.4) is 0 Å². The lowest BCUT2D eigenvalue weighted by molar-refractivity contribution is 0.0928. The second-order valence-electron chi connectivity index (χ2n) is 7.29. The van der Waals surface area contributed by atoms with Crippen LogP contribution in [0.25, 0.3) is 0 Å². The number of hydrogen-bond acceptors (Lipinski definition) is 4. The van der Waals surface area contributed by atoms with E-state index in [0.29, 0.717) is 35.7 Å². The molecule has 1 aliphatic heterocycles. The van der Waals surface area contributed by atoms with Crippen LogP contribution in [0.5, 0.6) is 0 Å². The van der Waals surface area contributed by atoms with Crippen molar-refractivity contribution in [2.75, 3.05) is 13.1 Å². The average molecular weight is 407 g/mol. The molecule has 0 aliphatic carbocycles. The van der Waals surface area contributed by atoms with E-state index in [1.54, 1.807) is 4.31 Å². The number of hydrogen-bond donors (Lipinski definition) is 1. The van der Waals surface area contributed by atoms with Gasteiger partial charge >= 0.3 is 0 Å². The Labute approximate surface area is 165 Å². The highest BCUT2D eigenvalue weighted by atomic mass is 32.2. The highest BCUT2D eigenvalue weighted by Gasteiger charge is 2.32. The molecular formula is C20H26N2O3S2. The first-order valence-electron chi connectivity index (χ1n) is 9.14. The van der Waals surface area contributed by atoms with Crippen LogP contribution >= 0.6 is 11.3 Å². The Morgan fingerprint density at radius 2 is 1.67 bits per heavy atom. The first kappa shape index (κ1) is 20.0. The summed E-state index contributed by atoms with van der Waals surface area (Å²) in [7, 11) is -3.52. The van der Waals surface area contributed by atoms with Gasteiger partial charge in [-0.1, -0.05) is 17.7 Å². The maximum Gasteiger partial charge on any atom is 0.261 e. The van der Waals surface area contributed by atoms with Crippen molar-refractivity contribution in [1.82, 2.24) is 9.62 Å². The van der Waals surface area contributed by atoms with Gasteiger partial charge in [-0.05, 0) is 63.8 Å². The fraction of sp³-hybridized carbons (Fsp3) is 0.450. The number of nitrogens with one attached hydrogen (secondary N) is 1. The Morgan fingerprint density at radius 3 is 2.19 bits per heavy atom. The van der Waals surface area contributed by atoms with Crippen LogP contribution in [-0.4, -0.2) is 37.8 Å². The van der Waals surface area contributed by atoms with Crippen molar-refractivity contribution in [1.29, 1.82) is 0 Å². The fourth-order valence-electron chi connectivity index (χ4n) is 3.76. The number of rotatable bonds is 4. The summed E-state index contributed by atoms with van der Waals surface area (Å²) >= 11 is 1.47. The van der Waals surface area contributed by atoms with Crippen LogP contribution < -0.4 is 5.32 Å². The van der Waals surface area contributed by atoms with Gasteiger partial charge in [0, 0.05) is 24.0 Å². The van der Waals surface area contributed by atoms with Gasteiger partial charge in [0.2, 0.25) is 10.0 Å². The minimum Gasteiger partial charge on any atom is -0.349 e. The molecule has 0 bridgehead atoms. The molecular weight excluding hydrogens is 380 g/mol. The predicted octanol–water partition coefficient (Wildman–Crippen LogP) is 3.56. The predicted molar refractivity (Wildman–Crippen MR) is 109 cm³/mol. The Balaban J connectivity index is 1.67. The molecule has 0 radical (unpaired) electrons. The second kappa shape index (κ2) is 7.73. The summed E-state index contributed by atoms with van der Waals surface area (Å²) in [5.74, 6) is -0.0698. The van der Waals surface area contributed by atoms with E-state index in [4.69, 9.17) is 0 Å². The van der Waals surface area contributed by atoms with Gasteiger partial charge in [0.1, 0.15) is 0 Å². The molecule has 5 nitrogen and oxygen atoms in total. The monoisotopic (exact) mass is 406 g/mol. The van der Waals surface area contributed by atoms with Crippen LogP contribution in [0.1, 0.15) is 44.1 Å². The third-order valence-electron chi connectivity index (χ3n) is 4.96. The summed E-state index contributed by atoms with van der Waals surface area (Å²) in [5.41, 5.74) is 2.64. The van der Waals surface area contributed by atoms with Crippen LogP contribution in [-0.2, 0) is 10.0 Å². The van der Waals surface area contributed by atoms with Crippen molar-refractivity contribution >= 4 is 27.3 Å². The Bertz CT molecular complexity index is 932. The molecule has 1 aromatic heterocycles. The summed E-state index contributed by atoms with van der Waals surface area (Å²) in [6.45, 7) is 8.48. The second-order valence-corrected chi connectivity index (χ2v) is 10.5. The minimum absolute atomic E-state index is 0.00608. The van der Waals surface area contributed by atoms with Crippen molar-refractivity contribution in [3.63, 3.8) is 0 Å². The molecule has 1 fully saturated rings. The van der Waals surface area contributed by atoms with Crippen molar-refractivity contribution in [3.8, 4) is 0 Å². The maximum absolute atomic E-state index is 13.1. The lowest BCUT2D eigenvalue weighted by Gasteiger charge is -2.32. The standard InChI is InChI=1S/C20H26N2O3S2/c1-13-11-14(2)19(15(3)12-13)27(24,25)22-9-7-17(8-10-22)21-20(23)18-6-5-16(4)26-18/h5-6,11-12,17H,7-10H2,1-4H3,(H,21,23). The lowest BCUT2D eigenvalue weighted by Crippen LogP contribution is -2.46. The number of aryl methyl sites for hydroxylation is 4. The first-order chi connectivity index (χ1) is 12.7. The van der Waals surface area contributed by atoms with Gasteiger partial charge < -0.3 is 5.32 Å². The molecule has 146 valence electrons. The molecule has 1 amide bonds. The molecule has 27 heavy (non-hydrogen) atoms. The highest BCUT2D eigenvalue weighted by molar-refractivity contribution is 7.89. The number of carbonyl (C=O) groups is 1. The quantitative estimate of drug-likeness (QED) is 0.844. The van der Waals surface area contributed by atoms with E-state index < -0.39 is 10.0 Å². The average Bonchev–Trinajstić information content (AvgIpc) is 3.01. The number of nitrogens with zero attached hydrogens (tertiary/aromatic N) is 1. The number of thiophene rings is 1. The Morgan fingerprint density at radius 1 is 1.07 bits per heavy atom. The number of amides is 1. The number of piperidine rings is 1. The molecule has 1 aliphatic rings. The molecule has 1 saturated heterocycles. The highest BCUT2D eigenvalue weighted by Crippen LogP contribution is 2.27. The zero-order valence-corrected chi connectivity index (χ0v) is 17.8. The fourth-order valence-corrected chi connectivity index (χ4v) is 6.41. The molecule has 0 saturated carbocycles. The molecule has 2 heterocycles. The molecule has 0 spiro atoms.